The molecule has 82 valence electrons. The third-order valence-corrected chi connectivity index (χ3v) is 3.16. The van der Waals surface area contributed by atoms with Crippen LogP contribution in [0.4, 0.5) is 0 Å². The van der Waals surface area contributed by atoms with Gasteiger partial charge in [-0.1, -0.05) is 17.7 Å². The van der Waals surface area contributed by atoms with Crippen molar-refractivity contribution in [2.45, 2.75) is 19.8 Å². The Bertz CT molecular complexity index is 352. The van der Waals surface area contributed by atoms with Crippen LogP contribution in [0.1, 0.15) is 18.9 Å². The lowest BCUT2D eigenvalue weighted by molar-refractivity contribution is -0.143. The predicted molar refractivity (Wildman–Crippen MR) is 69.1 cm³/mol. The zero-order valence-electron chi connectivity index (χ0n) is 8.43. The van der Waals surface area contributed by atoms with Crippen molar-refractivity contribution in [3.8, 4) is 0 Å². The first-order valence-corrected chi connectivity index (χ1v) is 6.18. The van der Waals surface area contributed by atoms with E-state index in [-0.39, 0.29) is 5.97 Å². The Balaban J connectivity index is 2.54. The van der Waals surface area contributed by atoms with Crippen molar-refractivity contribution in [2.75, 3.05) is 6.61 Å². The molecule has 0 unspecified atom stereocenters. The number of benzene rings is 1. The van der Waals surface area contributed by atoms with Crippen molar-refractivity contribution >= 4 is 40.2 Å². The Morgan fingerprint density at radius 2 is 2.27 bits per heavy atom. The Morgan fingerprint density at radius 3 is 2.87 bits per heavy atom. The Morgan fingerprint density at radius 1 is 1.53 bits per heavy atom. The van der Waals surface area contributed by atoms with Crippen LogP contribution >= 0.6 is 34.2 Å². The molecule has 0 aromatic heterocycles. The van der Waals surface area contributed by atoms with E-state index < -0.39 is 0 Å². The fourth-order valence-electron chi connectivity index (χ4n) is 1.19. The maximum Gasteiger partial charge on any atom is 0.306 e. The number of rotatable bonds is 4. The summed E-state index contributed by atoms with van der Waals surface area (Å²) >= 11 is 8.05. The molecule has 0 saturated heterocycles. The van der Waals surface area contributed by atoms with E-state index in [2.05, 4.69) is 22.6 Å². The summed E-state index contributed by atoms with van der Waals surface area (Å²) in [5, 5.41) is 0.722. The van der Waals surface area contributed by atoms with Crippen molar-refractivity contribution in [1.82, 2.24) is 0 Å². The van der Waals surface area contributed by atoms with Crippen LogP contribution in [-0.4, -0.2) is 12.6 Å². The van der Waals surface area contributed by atoms with Gasteiger partial charge in [0.15, 0.2) is 0 Å². The number of carbonyl (C=O) groups excluding carboxylic acids is 1. The summed E-state index contributed by atoms with van der Waals surface area (Å²) in [6.45, 7) is 2.25. The van der Waals surface area contributed by atoms with Crippen LogP contribution in [0.5, 0.6) is 0 Å². The summed E-state index contributed by atoms with van der Waals surface area (Å²) in [5.41, 5.74) is 1.13. The molecule has 1 rings (SSSR count). The van der Waals surface area contributed by atoms with Crippen LogP contribution in [0.25, 0.3) is 0 Å². The molecule has 0 N–H and O–H groups in total. The minimum Gasteiger partial charge on any atom is -0.466 e. The van der Waals surface area contributed by atoms with Crippen LogP contribution in [0, 0.1) is 3.57 Å². The van der Waals surface area contributed by atoms with E-state index in [1.165, 1.54) is 0 Å². The van der Waals surface area contributed by atoms with E-state index in [1.807, 2.05) is 25.1 Å². The lowest BCUT2D eigenvalue weighted by atomic mass is 10.1. The van der Waals surface area contributed by atoms with Crippen molar-refractivity contribution in [3.05, 3.63) is 32.4 Å². The summed E-state index contributed by atoms with van der Waals surface area (Å²) in [7, 11) is 0. The van der Waals surface area contributed by atoms with Gasteiger partial charge in [0.2, 0.25) is 0 Å². The second kappa shape index (κ2) is 6.33. The second-order valence-corrected chi connectivity index (χ2v) is 4.64. The summed E-state index contributed by atoms with van der Waals surface area (Å²) in [6.07, 6.45) is 1.12. The van der Waals surface area contributed by atoms with Gasteiger partial charge in [0.05, 0.1) is 6.61 Å². The average molecular weight is 339 g/mol. The molecule has 0 fully saturated rings. The molecule has 0 saturated carbocycles. The van der Waals surface area contributed by atoms with Gasteiger partial charge in [-0.15, -0.1) is 0 Å². The van der Waals surface area contributed by atoms with Crippen LogP contribution in [0.3, 0.4) is 0 Å². The Hall–Kier alpha value is -0.290. The van der Waals surface area contributed by atoms with Gasteiger partial charge in [0.25, 0.3) is 0 Å². The van der Waals surface area contributed by atoms with Gasteiger partial charge in [0, 0.05) is 15.0 Å². The minimum absolute atomic E-state index is 0.150. The minimum atomic E-state index is -0.150. The maximum atomic E-state index is 11.1. The second-order valence-electron chi connectivity index (χ2n) is 3.04. The average Bonchev–Trinajstić information content (AvgIpc) is 2.17. The lowest BCUT2D eigenvalue weighted by Crippen LogP contribution is -2.05. The van der Waals surface area contributed by atoms with Gasteiger partial charge in [-0.2, -0.15) is 0 Å². The van der Waals surface area contributed by atoms with Gasteiger partial charge in [-0.05, 0) is 53.6 Å². The topological polar surface area (TPSA) is 26.3 Å². The molecule has 0 amide bonds. The normalized spacial score (nSPS) is 10.1. The molecule has 0 radical (unpaired) electrons. The fourth-order valence-corrected chi connectivity index (χ4v) is 2.34. The van der Waals surface area contributed by atoms with Gasteiger partial charge in [0.1, 0.15) is 0 Å². The van der Waals surface area contributed by atoms with E-state index >= 15 is 0 Å². The highest BCUT2D eigenvalue weighted by molar-refractivity contribution is 14.1. The third-order valence-electron chi connectivity index (χ3n) is 1.92. The summed E-state index contributed by atoms with van der Waals surface area (Å²) < 4.78 is 5.95. The largest absolute Gasteiger partial charge is 0.466 e. The number of ether oxygens (including phenoxy) is 1. The van der Waals surface area contributed by atoms with Crippen LogP contribution < -0.4 is 0 Å². The molecule has 0 aliphatic rings. The lowest BCUT2D eigenvalue weighted by Gasteiger charge is -2.04. The number of aryl methyl sites for hydroxylation is 1. The predicted octanol–water partition coefficient (Wildman–Crippen LogP) is 3.44. The molecule has 0 aliphatic heterocycles. The Labute approximate surface area is 108 Å². The molecular formula is C11H12ClIO2. The maximum absolute atomic E-state index is 11.1. The molecule has 1 aromatic rings. The van der Waals surface area contributed by atoms with E-state index in [0.717, 1.165) is 14.2 Å². The number of hydrogen-bond donors (Lipinski definition) is 0. The molecule has 1 aromatic carbocycles. The van der Waals surface area contributed by atoms with Gasteiger partial charge < -0.3 is 4.74 Å². The summed E-state index contributed by atoms with van der Waals surface area (Å²) in [6, 6.07) is 5.68. The molecule has 0 bridgehead atoms. The highest BCUT2D eigenvalue weighted by Crippen LogP contribution is 2.19. The van der Waals surface area contributed by atoms with E-state index in [9.17, 15) is 4.79 Å². The smallest absolute Gasteiger partial charge is 0.306 e. The van der Waals surface area contributed by atoms with Crippen molar-refractivity contribution in [2.24, 2.45) is 0 Å². The highest BCUT2D eigenvalue weighted by Gasteiger charge is 2.05. The van der Waals surface area contributed by atoms with Gasteiger partial charge in [-0.25, -0.2) is 0 Å². The molecule has 4 heteroatoms. The monoisotopic (exact) mass is 338 g/mol. The Kier molecular flexibility index (Phi) is 5.39. The summed E-state index contributed by atoms with van der Waals surface area (Å²) in [4.78, 5) is 11.1. The first-order chi connectivity index (χ1) is 7.13. The zero-order valence-corrected chi connectivity index (χ0v) is 11.3. The standard InChI is InChI=1S/C11H12ClIO2/c1-2-15-11(14)6-4-8-3-5-9(12)7-10(8)13/h3,5,7H,2,4,6H2,1H3. The number of hydrogen-bond acceptors (Lipinski definition) is 2. The van der Waals surface area contributed by atoms with Crippen LogP contribution in [-0.2, 0) is 16.0 Å². The van der Waals surface area contributed by atoms with Crippen molar-refractivity contribution < 1.29 is 9.53 Å². The zero-order chi connectivity index (χ0) is 11.3. The van der Waals surface area contributed by atoms with Crippen molar-refractivity contribution in [3.63, 3.8) is 0 Å². The molecule has 0 heterocycles. The third kappa shape index (κ3) is 4.38. The SMILES string of the molecule is CCOC(=O)CCc1ccc(Cl)cc1I. The molecule has 15 heavy (non-hydrogen) atoms. The molecule has 2 nitrogen and oxygen atoms in total. The van der Waals surface area contributed by atoms with Crippen LogP contribution in [0.15, 0.2) is 18.2 Å². The number of esters is 1. The van der Waals surface area contributed by atoms with Crippen LogP contribution in [0.2, 0.25) is 5.02 Å². The molecular weight excluding hydrogens is 326 g/mol. The number of halogens is 2. The summed E-state index contributed by atoms with van der Waals surface area (Å²) in [5.74, 6) is -0.150. The van der Waals surface area contributed by atoms with E-state index in [0.29, 0.717) is 19.4 Å². The van der Waals surface area contributed by atoms with Gasteiger partial charge in [-0.3, -0.25) is 4.79 Å². The first-order valence-electron chi connectivity index (χ1n) is 4.73. The van der Waals surface area contributed by atoms with E-state index in [4.69, 9.17) is 16.3 Å². The highest BCUT2D eigenvalue weighted by atomic mass is 127. The number of carbonyl (C=O) groups is 1. The van der Waals surface area contributed by atoms with E-state index in [1.54, 1.807) is 0 Å². The molecule has 0 spiro atoms. The fraction of sp³-hybridized carbons (Fsp3) is 0.364. The quantitative estimate of drug-likeness (QED) is 0.621. The van der Waals surface area contributed by atoms with Crippen molar-refractivity contribution in [1.29, 1.82) is 0 Å². The van der Waals surface area contributed by atoms with Gasteiger partial charge >= 0.3 is 5.97 Å². The first kappa shape index (κ1) is 12.8. The molecule has 0 atom stereocenters. The molecule has 0 aliphatic carbocycles.